The molecule has 1 N–H and O–H groups in total. The number of hydrogen-bond donors (Lipinski definition) is 1. The molecule has 4 nitrogen and oxygen atoms in total. The molecular formula is C20H21FN4S. The number of thiophene rings is 1. The predicted octanol–water partition coefficient (Wildman–Crippen LogP) is 3.68. The summed E-state index contributed by atoms with van der Waals surface area (Å²) in [5.41, 5.74) is 3.74. The SMILES string of the molecule is Fc1ccc(CN2CCN(C3=C4C=CCN4c4ccsc4N3)CC2)cc1. The van der Waals surface area contributed by atoms with Crippen LogP contribution in [0.2, 0.25) is 0 Å². The largest absolute Gasteiger partial charge is 0.354 e. The van der Waals surface area contributed by atoms with E-state index in [1.54, 1.807) is 23.5 Å². The Morgan fingerprint density at radius 2 is 1.85 bits per heavy atom. The fraction of sp³-hybridized carbons (Fsp3) is 0.300. The van der Waals surface area contributed by atoms with Crippen LogP contribution in [-0.4, -0.2) is 42.5 Å². The molecule has 1 fully saturated rings. The van der Waals surface area contributed by atoms with Gasteiger partial charge in [-0.2, -0.15) is 0 Å². The van der Waals surface area contributed by atoms with Gasteiger partial charge in [-0.15, -0.1) is 11.3 Å². The first kappa shape index (κ1) is 15.9. The van der Waals surface area contributed by atoms with E-state index in [2.05, 4.69) is 43.6 Å². The summed E-state index contributed by atoms with van der Waals surface area (Å²) >= 11 is 1.76. The molecule has 0 saturated carbocycles. The molecule has 4 heterocycles. The highest BCUT2D eigenvalue weighted by Crippen LogP contribution is 2.42. The number of hydrogen-bond acceptors (Lipinski definition) is 5. The Hall–Kier alpha value is -2.31. The standard InChI is InChI=1S/C20H21FN4S/c21-16-5-3-15(4-6-16)14-23-9-11-24(12-10-23)19-17-2-1-8-25(17)18-7-13-26-20(18)22-19/h1-7,13,22H,8-12,14H2. The van der Waals surface area contributed by atoms with Crippen molar-refractivity contribution in [2.75, 3.05) is 42.9 Å². The van der Waals surface area contributed by atoms with Crippen LogP contribution in [0, 0.1) is 5.82 Å². The highest BCUT2D eigenvalue weighted by Gasteiger charge is 2.30. The summed E-state index contributed by atoms with van der Waals surface area (Å²) in [5, 5.41) is 7.05. The maximum absolute atomic E-state index is 13.1. The summed E-state index contributed by atoms with van der Waals surface area (Å²) < 4.78 is 13.1. The van der Waals surface area contributed by atoms with Gasteiger partial charge in [0.25, 0.3) is 0 Å². The molecule has 0 radical (unpaired) electrons. The van der Waals surface area contributed by atoms with Gasteiger partial charge in [-0.05, 0) is 35.2 Å². The molecule has 0 bridgehead atoms. The van der Waals surface area contributed by atoms with Crippen molar-refractivity contribution in [2.45, 2.75) is 6.54 Å². The van der Waals surface area contributed by atoms with Crippen molar-refractivity contribution in [3.63, 3.8) is 0 Å². The van der Waals surface area contributed by atoms with E-state index in [1.807, 2.05) is 12.1 Å². The molecule has 0 spiro atoms. The number of nitrogens with one attached hydrogen (secondary N) is 1. The van der Waals surface area contributed by atoms with Crippen LogP contribution in [0.4, 0.5) is 15.1 Å². The molecule has 5 rings (SSSR count). The third kappa shape index (κ3) is 2.79. The summed E-state index contributed by atoms with van der Waals surface area (Å²) in [4.78, 5) is 7.29. The molecule has 1 aromatic carbocycles. The molecule has 2 aromatic rings. The van der Waals surface area contributed by atoms with Gasteiger partial charge in [0, 0.05) is 39.3 Å². The lowest BCUT2D eigenvalue weighted by Crippen LogP contribution is -2.47. The lowest BCUT2D eigenvalue weighted by atomic mass is 10.2. The first-order valence-corrected chi connectivity index (χ1v) is 9.90. The van der Waals surface area contributed by atoms with E-state index in [0.717, 1.165) is 39.3 Å². The zero-order valence-corrected chi connectivity index (χ0v) is 15.3. The molecule has 0 amide bonds. The van der Waals surface area contributed by atoms with Crippen LogP contribution in [0.1, 0.15) is 5.56 Å². The average molecular weight is 368 g/mol. The zero-order chi connectivity index (χ0) is 17.5. The highest BCUT2D eigenvalue weighted by molar-refractivity contribution is 7.15. The minimum atomic E-state index is -0.169. The Kier molecular flexibility index (Phi) is 3.94. The van der Waals surface area contributed by atoms with E-state index in [0.29, 0.717) is 0 Å². The van der Waals surface area contributed by atoms with Gasteiger partial charge in [0.1, 0.15) is 16.6 Å². The minimum Gasteiger partial charge on any atom is -0.354 e. The van der Waals surface area contributed by atoms with Gasteiger partial charge >= 0.3 is 0 Å². The fourth-order valence-electron chi connectivity index (χ4n) is 3.89. The summed E-state index contributed by atoms with van der Waals surface area (Å²) in [6, 6.07) is 9.05. The van der Waals surface area contributed by atoms with Crippen LogP contribution in [-0.2, 0) is 6.54 Å². The second kappa shape index (κ2) is 6.45. The Morgan fingerprint density at radius 3 is 2.65 bits per heavy atom. The molecule has 0 aliphatic carbocycles. The van der Waals surface area contributed by atoms with Crippen molar-refractivity contribution < 1.29 is 4.39 Å². The van der Waals surface area contributed by atoms with Crippen LogP contribution < -0.4 is 10.2 Å². The maximum atomic E-state index is 13.1. The lowest BCUT2D eigenvalue weighted by Gasteiger charge is -2.40. The Bertz CT molecular complexity index is 862. The van der Waals surface area contributed by atoms with Gasteiger partial charge in [-0.1, -0.05) is 18.2 Å². The Morgan fingerprint density at radius 1 is 1.04 bits per heavy atom. The van der Waals surface area contributed by atoms with Gasteiger partial charge in [0.2, 0.25) is 0 Å². The quantitative estimate of drug-likeness (QED) is 0.892. The number of halogens is 1. The van der Waals surface area contributed by atoms with Crippen LogP contribution >= 0.6 is 11.3 Å². The fourth-order valence-corrected chi connectivity index (χ4v) is 4.68. The van der Waals surface area contributed by atoms with Crippen LogP contribution in [0.5, 0.6) is 0 Å². The number of allylic oxidation sites excluding steroid dienone is 1. The summed E-state index contributed by atoms with van der Waals surface area (Å²) in [5.74, 6) is 1.06. The number of piperazine rings is 1. The minimum absolute atomic E-state index is 0.169. The second-order valence-corrected chi connectivity index (χ2v) is 7.81. The predicted molar refractivity (Wildman–Crippen MR) is 105 cm³/mol. The first-order chi connectivity index (χ1) is 12.8. The number of anilines is 2. The van der Waals surface area contributed by atoms with E-state index in [1.165, 1.54) is 27.8 Å². The molecular weight excluding hydrogens is 347 g/mol. The van der Waals surface area contributed by atoms with Crippen molar-refractivity contribution in [1.29, 1.82) is 0 Å². The van der Waals surface area contributed by atoms with Gasteiger partial charge < -0.3 is 15.1 Å². The number of benzene rings is 1. The van der Waals surface area contributed by atoms with Crippen molar-refractivity contribution in [3.05, 3.63) is 70.8 Å². The molecule has 134 valence electrons. The number of nitrogens with zero attached hydrogens (tertiary/aromatic N) is 3. The van der Waals surface area contributed by atoms with Crippen molar-refractivity contribution in [3.8, 4) is 0 Å². The Labute approximate surface area is 156 Å². The third-order valence-corrected chi connectivity index (χ3v) is 6.09. The zero-order valence-electron chi connectivity index (χ0n) is 14.5. The smallest absolute Gasteiger partial charge is 0.131 e. The van der Waals surface area contributed by atoms with Gasteiger partial charge in [0.15, 0.2) is 0 Å². The molecule has 1 saturated heterocycles. The van der Waals surface area contributed by atoms with E-state index >= 15 is 0 Å². The van der Waals surface area contributed by atoms with Crippen LogP contribution in [0.25, 0.3) is 0 Å². The monoisotopic (exact) mass is 368 g/mol. The van der Waals surface area contributed by atoms with E-state index in [-0.39, 0.29) is 5.82 Å². The van der Waals surface area contributed by atoms with Crippen LogP contribution in [0.15, 0.2) is 59.4 Å². The van der Waals surface area contributed by atoms with Gasteiger partial charge in [-0.3, -0.25) is 4.90 Å². The number of rotatable bonds is 3. The van der Waals surface area contributed by atoms with Crippen molar-refractivity contribution >= 4 is 22.0 Å². The molecule has 3 aliphatic rings. The van der Waals surface area contributed by atoms with Crippen molar-refractivity contribution in [2.24, 2.45) is 0 Å². The average Bonchev–Trinajstić information content (AvgIpc) is 3.32. The van der Waals surface area contributed by atoms with E-state index < -0.39 is 0 Å². The number of fused-ring (bicyclic) bond motifs is 3. The second-order valence-electron chi connectivity index (χ2n) is 6.90. The summed E-state index contributed by atoms with van der Waals surface area (Å²) in [6.07, 6.45) is 4.46. The molecule has 3 aliphatic heterocycles. The maximum Gasteiger partial charge on any atom is 0.131 e. The van der Waals surface area contributed by atoms with E-state index in [4.69, 9.17) is 0 Å². The first-order valence-electron chi connectivity index (χ1n) is 9.02. The molecule has 26 heavy (non-hydrogen) atoms. The summed E-state index contributed by atoms with van der Waals surface area (Å²) in [7, 11) is 0. The van der Waals surface area contributed by atoms with Gasteiger partial charge in [-0.25, -0.2) is 4.39 Å². The Balaban J connectivity index is 1.28. The molecule has 0 atom stereocenters. The van der Waals surface area contributed by atoms with E-state index in [9.17, 15) is 4.39 Å². The molecule has 0 unspecified atom stereocenters. The molecule has 1 aromatic heterocycles. The normalized spacial score (nSPS) is 19.6. The highest BCUT2D eigenvalue weighted by atomic mass is 32.1. The third-order valence-electron chi connectivity index (χ3n) is 5.27. The topological polar surface area (TPSA) is 21.8 Å². The lowest BCUT2D eigenvalue weighted by molar-refractivity contribution is 0.153. The molecule has 6 heteroatoms. The van der Waals surface area contributed by atoms with Crippen molar-refractivity contribution in [1.82, 2.24) is 9.80 Å². The van der Waals surface area contributed by atoms with Crippen LogP contribution in [0.3, 0.4) is 0 Å². The van der Waals surface area contributed by atoms with Gasteiger partial charge in [0.05, 0.1) is 11.4 Å². The summed E-state index contributed by atoms with van der Waals surface area (Å²) in [6.45, 7) is 5.85.